The van der Waals surface area contributed by atoms with Gasteiger partial charge >= 0.3 is 12.1 Å². The van der Waals surface area contributed by atoms with E-state index in [1.54, 1.807) is 29.4 Å². The van der Waals surface area contributed by atoms with Crippen molar-refractivity contribution in [1.29, 1.82) is 0 Å². The third kappa shape index (κ3) is 6.93. The lowest BCUT2D eigenvalue weighted by Gasteiger charge is -2.29. The topological polar surface area (TPSA) is 83.6 Å². The van der Waals surface area contributed by atoms with Gasteiger partial charge in [0.05, 0.1) is 12.3 Å². The van der Waals surface area contributed by atoms with E-state index in [1.807, 2.05) is 31.2 Å². The fourth-order valence-corrected chi connectivity index (χ4v) is 2.93. The number of aromatic nitrogens is 1. The summed E-state index contributed by atoms with van der Waals surface area (Å²) in [4.78, 5) is 28.0. The van der Waals surface area contributed by atoms with E-state index in [0.29, 0.717) is 5.76 Å². The molecule has 0 spiro atoms. The molecule has 0 aliphatic rings. The summed E-state index contributed by atoms with van der Waals surface area (Å²) in [6.07, 6.45) is -0.0491. The summed E-state index contributed by atoms with van der Waals surface area (Å²) in [6.45, 7) is 8.51. The molecule has 0 radical (unpaired) electrons. The number of carboxylic acids is 1. The van der Waals surface area contributed by atoms with Crippen LogP contribution in [-0.2, 0) is 10.2 Å². The van der Waals surface area contributed by atoms with Gasteiger partial charge in [-0.1, -0.05) is 39.0 Å². The van der Waals surface area contributed by atoms with Gasteiger partial charge < -0.3 is 9.52 Å². The van der Waals surface area contributed by atoms with Crippen molar-refractivity contribution < 1.29 is 32.3 Å². The number of carboxylic acid groups (broad SMARTS) is 1. The third-order valence-electron chi connectivity index (χ3n) is 4.76. The fourth-order valence-electron chi connectivity index (χ4n) is 2.93. The quantitative estimate of drug-likeness (QED) is 0.513. The molecule has 0 aliphatic heterocycles. The van der Waals surface area contributed by atoms with Gasteiger partial charge in [0.15, 0.2) is 5.76 Å². The van der Waals surface area contributed by atoms with Gasteiger partial charge in [-0.3, -0.25) is 14.7 Å². The van der Waals surface area contributed by atoms with Crippen molar-refractivity contribution in [3.63, 3.8) is 0 Å². The van der Waals surface area contributed by atoms with Crippen molar-refractivity contribution in [2.75, 3.05) is 4.90 Å². The molecule has 1 atom stereocenters. The Kier molecular flexibility index (Phi) is 8.03. The van der Waals surface area contributed by atoms with E-state index in [4.69, 9.17) is 14.3 Å². The van der Waals surface area contributed by atoms with Crippen molar-refractivity contribution in [3.05, 3.63) is 84.1 Å². The van der Waals surface area contributed by atoms with E-state index >= 15 is 0 Å². The first kappa shape index (κ1) is 25.6. The lowest BCUT2D eigenvalue weighted by molar-refractivity contribution is -0.192. The minimum atomic E-state index is -5.08. The van der Waals surface area contributed by atoms with Crippen LogP contribution in [0.15, 0.2) is 71.6 Å². The van der Waals surface area contributed by atoms with Crippen molar-refractivity contribution in [2.24, 2.45) is 0 Å². The fraction of sp³-hybridized carbons (Fsp3) is 0.292. The van der Waals surface area contributed by atoms with Crippen LogP contribution in [0.25, 0.3) is 0 Å². The Morgan fingerprint density at radius 2 is 1.64 bits per heavy atom. The number of rotatable bonds is 4. The second-order valence-corrected chi connectivity index (χ2v) is 8.21. The number of halogens is 3. The normalized spacial score (nSPS) is 12.3. The van der Waals surface area contributed by atoms with E-state index in [0.717, 1.165) is 11.3 Å². The molecule has 1 aromatic carbocycles. The number of furan rings is 1. The molecule has 1 unspecified atom stereocenters. The molecule has 0 bridgehead atoms. The molecule has 6 nitrogen and oxygen atoms in total. The maximum Gasteiger partial charge on any atom is 0.490 e. The summed E-state index contributed by atoms with van der Waals surface area (Å²) in [7, 11) is 0. The maximum atomic E-state index is 13.1. The first-order valence-electron chi connectivity index (χ1n) is 10.00. The highest BCUT2D eigenvalue weighted by molar-refractivity contribution is 6.04. The first-order chi connectivity index (χ1) is 15.3. The average molecular weight is 462 g/mol. The van der Waals surface area contributed by atoms with Gasteiger partial charge in [0.2, 0.25) is 0 Å². The Bertz CT molecular complexity index is 1040. The zero-order valence-corrected chi connectivity index (χ0v) is 18.6. The summed E-state index contributed by atoms with van der Waals surface area (Å²) >= 11 is 0. The highest BCUT2D eigenvalue weighted by Gasteiger charge is 2.38. The smallest absolute Gasteiger partial charge is 0.475 e. The van der Waals surface area contributed by atoms with Gasteiger partial charge in [-0.05, 0) is 53.8 Å². The van der Waals surface area contributed by atoms with E-state index in [-0.39, 0.29) is 17.4 Å². The molecule has 1 amide bonds. The highest BCUT2D eigenvalue weighted by atomic mass is 19.4. The summed E-state index contributed by atoms with van der Waals surface area (Å²) in [5.41, 5.74) is 3.08. The van der Waals surface area contributed by atoms with Gasteiger partial charge in [-0.2, -0.15) is 13.2 Å². The lowest BCUT2D eigenvalue weighted by atomic mass is 9.87. The van der Waals surface area contributed by atoms with Crippen LogP contribution < -0.4 is 4.90 Å². The third-order valence-corrected chi connectivity index (χ3v) is 4.76. The molecular weight excluding hydrogens is 437 g/mol. The predicted octanol–water partition coefficient (Wildman–Crippen LogP) is 6.01. The zero-order valence-electron chi connectivity index (χ0n) is 18.6. The molecule has 0 saturated carbocycles. The number of benzene rings is 1. The minimum absolute atomic E-state index is 0.0589. The van der Waals surface area contributed by atoms with Crippen molar-refractivity contribution in [3.8, 4) is 0 Å². The minimum Gasteiger partial charge on any atom is -0.475 e. The Morgan fingerprint density at radius 3 is 2.06 bits per heavy atom. The number of alkyl halides is 3. The molecule has 3 rings (SSSR count). The molecule has 176 valence electrons. The van der Waals surface area contributed by atoms with Gasteiger partial charge in [-0.25, -0.2) is 4.79 Å². The maximum absolute atomic E-state index is 13.1. The van der Waals surface area contributed by atoms with Crippen LogP contribution in [0.3, 0.4) is 0 Å². The SMILES string of the molecule is CC(c1cccnc1)N(C(=O)c1ccco1)c1ccc(C(C)(C)C)cc1.O=C(O)C(F)(F)F. The lowest BCUT2D eigenvalue weighted by Crippen LogP contribution is -2.33. The highest BCUT2D eigenvalue weighted by Crippen LogP contribution is 2.31. The molecule has 9 heteroatoms. The molecule has 2 aromatic heterocycles. The number of carbonyl (C=O) groups excluding carboxylic acids is 1. The monoisotopic (exact) mass is 462 g/mol. The first-order valence-corrected chi connectivity index (χ1v) is 10.00. The second-order valence-electron chi connectivity index (χ2n) is 8.21. The average Bonchev–Trinajstić information content (AvgIpc) is 3.29. The van der Waals surface area contributed by atoms with Crippen LogP contribution in [0.5, 0.6) is 0 Å². The van der Waals surface area contributed by atoms with Crippen molar-refractivity contribution in [1.82, 2.24) is 4.98 Å². The Hall–Kier alpha value is -3.62. The van der Waals surface area contributed by atoms with Gasteiger partial charge in [0, 0.05) is 18.1 Å². The van der Waals surface area contributed by atoms with Crippen LogP contribution in [0.1, 0.15) is 55.4 Å². The van der Waals surface area contributed by atoms with Crippen LogP contribution >= 0.6 is 0 Å². The molecule has 33 heavy (non-hydrogen) atoms. The number of anilines is 1. The van der Waals surface area contributed by atoms with Gasteiger partial charge in [-0.15, -0.1) is 0 Å². The van der Waals surface area contributed by atoms with Gasteiger partial charge in [0.25, 0.3) is 5.91 Å². The Balaban J connectivity index is 0.000000479. The zero-order chi connectivity index (χ0) is 24.8. The molecule has 3 aromatic rings. The largest absolute Gasteiger partial charge is 0.490 e. The predicted molar refractivity (Wildman–Crippen MR) is 117 cm³/mol. The second kappa shape index (κ2) is 10.3. The van der Waals surface area contributed by atoms with E-state index in [2.05, 4.69) is 37.9 Å². The standard InChI is InChI=1S/C22H24N2O2.C2HF3O2/c1-16(17-7-5-13-23-15-17)24(21(25)20-8-6-14-26-20)19-11-9-18(10-12-19)22(2,3)4;3-2(4,5)1(6)7/h5-16H,1-4H3;(H,6,7). The van der Waals surface area contributed by atoms with Gasteiger partial charge in [0.1, 0.15) is 0 Å². The summed E-state index contributed by atoms with van der Waals surface area (Å²) in [6, 6.07) is 15.2. The van der Waals surface area contributed by atoms with E-state index < -0.39 is 12.1 Å². The number of amides is 1. The summed E-state index contributed by atoms with van der Waals surface area (Å²) in [5.74, 6) is -2.61. The number of hydrogen-bond donors (Lipinski definition) is 1. The number of aliphatic carboxylic acids is 1. The number of nitrogens with zero attached hydrogens (tertiary/aromatic N) is 2. The Labute approximate surface area is 189 Å². The number of pyridine rings is 1. The summed E-state index contributed by atoms with van der Waals surface area (Å²) < 4.78 is 37.1. The molecule has 1 N–H and O–H groups in total. The van der Waals surface area contributed by atoms with Crippen LogP contribution in [0.2, 0.25) is 0 Å². The molecule has 0 fully saturated rings. The summed E-state index contributed by atoms with van der Waals surface area (Å²) in [5, 5.41) is 7.12. The van der Waals surface area contributed by atoms with Crippen LogP contribution in [-0.4, -0.2) is 28.1 Å². The van der Waals surface area contributed by atoms with Crippen molar-refractivity contribution in [2.45, 2.75) is 45.3 Å². The molecule has 0 saturated heterocycles. The molecule has 2 heterocycles. The van der Waals surface area contributed by atoms with Crippen LogP contribution in [0, 0.1) is 0 Å². The van der Waals surface area contributed by atoms with E-state index in [1.165, 1.54) is 11.8 Å². The molecule has 0 aliphatic carbocycles. The van der Waals surface area contributed by atoms with Crippen LogP contribution in [0.4, 0.5) is 18.9 Å². The number of hydrogen-bond acceptors (Lipinski definition) is 4. The molecular formula is C24H25F3N2O4. The number of carbonyl (C=O) groups is 2. The van der Waals surface area contributed by atoms with Crippen molar-refractivity contribution >= 4 is 17.6 Å². The van der Waals surface area contributed by atoms with E-state index in [9.17, 15) is 18.0 Å². The Morgan fingerprint density at radius 1 is 1.03 bits per heavy atom.